The van der Waals surface area contributed by atoms with E-state index in [1.54, 1.807) is 0 Å². The highest BCUT2D eigenvalue weighted by Gasteiger charge is 2.30. The topological polar surface area (TPSA) is 52.6 Å². The minimum Gasteiger partial charge on any atom is -0.389 e. The molecule has 2 rings (SSSR count). The van der Waals surface area contributed by atoms with Gasteiger partial charge in [0.05, 0.1) is 6.10 Å². The number of carbonyl (C=O) groups excluding carboxylic acids is 1. The number of likely N-dealkylation sites (tertiary alicyclic amines) is 1. The number of rotatable bonds is 2. The number of amides is 1. The van der Waals surface area contributed by atoms with Gasteiger partial charge in [0.25, 0.3) is 0 Å². The monoisotopic (exact) mass is 200 g/mol. The second kappa shape index (κ2) is 4.28. The molecule has 1 amide bonds. The highest BCUT2D eigenvalue weighted by atomic mass is 16.3. The fraction of sp³-hybridized carbons (Fsp3) is 0.900. The normalized spacial score (nSPS) is 27.9. The maximum Gasteiger partial charge on any atom is 0.223 e. The van der Waals surface area contributed by atoms with Gasteiger partial charge in [-0.1, -0.05) is 0 Å². The average Bonchev–Trinajstić information content (AvgIpc) is 2.25. The number of piperidine rings is 1. The van der Waals surface area contributed by atoms with Crippen LogP contribution in [-0.2, 0) is 4.79 Å². The van der Waals surface area contributed by atoms with Gasteiger partial charge in [0.15, 0.2) is 0 Å². The van der Waals surface area contributed by atoms with Crippen LogP contribution < -0.4 is 5.32 Å². The predicted octanol–water partition coefficient (Wildman–Crippen LogP) is -0.421. The van der Waals surface area contributed by atoms with Crippen LogP contribution in [0, 0.1) is 5.92 Å². The molecular formula is C10H18N2O2. The van der Waals surface area contributed by atoms with Crippen molar-refractivity contribution in [2.75, 3.05) is 26.2 Å². The zero-order chi connectivity index (χ0) is 11.8. The van der Waals surface area contributed by atoms with E-state index in [0.717, 1.165) is 13.1 Å². The number of nitrogens with zero attached hydrogens (tertiary/aromatic N) is 1. The van der Waals surface area contributed by atoms with Crippen molar-refractivity contribution in [3.63, 3.8) is 0 Å². The first-order chi connectivity index (χ1) is 7.51. The molecule has 2 aliphatic heterocycles. The summed E-state index contributed by atoms with van der Waals surface area (Å²) >= 11 is 0. The molecule has 0 spiro atoms. The first kappa shape index (κ1) is 7.65. The highest BCUT2D eigenvalue weighted by Crippen LogP contribution is 2.19. The SMILES string of the molecule is [2H]C([2H])(C(=O)N1CC(O)C1)C1CCNCC1. The van der Waals surface area contributed by atoms with Crippen LogP contribution in [0.1, 0.15) is 22.0 Å². The van der Waals surface area contributed by atoms with Crippen LogP contribution in [-0.4, -0.2) is 48.2 Å². The lowest BCUT2D eigenvalue weighted by Gasteiger charge is -2.37. The molecule has 2 N–H and O–H groups in total. The van der Waals surface area contributed by atoms with Crippen molar-refractivity contribution in [2.24, 2.45) is 5.92 Å². The van der Waals surface area contributed by atoms with Crippen LogP contribution in [0.5, 0.6) is 0 Å². The largest absolute Gasteiger partial charge is 0.389 e. The standard InChI is InChI=1S/C10H18N2O2/c13-9-6-12(7-9)10(14)5-8-1-3-11-4-2-8/h8-9,11,13H,1-7H2/i5D2. The summed E-state index contributed by atoms with van der Waals surface area (Å²) in [6, 6.07) is 0. The van der Waals surface area contributed by atoms with Crippen molar-refractivity contribution in [3.05, 3.63) is 0 Å². The van der Waals surface area contributed by atoms with E-state index in [1.807, 2.05) is 0 Å². The lowest BCUT2D eigenvalue weighted by Crippen LogP contribution is -2.53. The van der Waals surface area contributed by atoms with Gasteiger partial charge in [0.1, 0.15) is 0 Å². The van der Waals surface area contributed by atoms with Crippen molar-refractivity contribution in [3.8, 4) is 0 Å². The van der Waals surface area contributed by atoms with E-state index in [-0.39, 0.29) is 19.0 Å². The van der Waals surface area contributed by atoms with E-state index in [0.29, 0.717) is 12.8 Å². The summed E-state index contributed by atoms with van der Waals surface area (Å²) in [5.41, 5.74) is 0. The quantitative estimate of drug-likeness (QED) is 0.636. The molecule has 80 valence electrons. The Morgan fingerprint density at radius 3 is 2.71 bits per heavy atom. The Labute approximate surface area is 87.1 Å². The van der Waals surface area contributed by atoms with Gasteiger partial charge in [0.2, 0.25) is 5.91 Å². The Kier molecular flexibility index (Phi) is 2.34. The van der Waals surface area contributed by atoms with Gasteiger partial charge in [-0.3, -0.25) is 4.79 Å². The number of β-amino-alcohol motifs (C(OH)–C–C–N with tert-alkyl or cyclic N) is 1. The third kappa shape index (κ3) is 2.25. The minimum atomic E-state index is -1.78. The van der Waals surface area contributed by atoms with E-state index in [2.05, 4.69) is 5.32 Å². The zero-order valence-corrected chi connectivity index (χ0v) is 8.20. The van der Waals surface area contributed by atoms with E-state index >= 15 is 0 Å². The van der Waals surface area contributed by atoms with Crippen LogP contribution in [0.2, 0.25) is 0 Å². The first-order valence-electron chi connectivity index (χ1n) is 6.20. The molecule has 4 heteroatoms. The van der Waals surface area contributed by atoms with Gasteiger partial charge in [-0.05, 0) is 31.8 Å². The Morgan fingerprint density at radius 1 is 1.50 bits per heavy atom. The molecule has 2 heterocycles. The summed E-state index contributed by atoms with van der Waals surface area (Å²) in [6.45, 7) is 2.12. The van der Waals surface area contributed by atoms with Crippen LogP contribution in [0.25, 0.3) is 0 Å². The van der Waals surface area contributed by atoms with Gasteiger partial charge in [0, 0.05) is 22.2 Å². The molecule has 0 bridgehead atoms. The van der Waals surface area contributed by atoms with E-state index in [1.165, 1.54) is 4.90 Å². The Balaban J connectivity index is 1.96. The third-order valence-electron chi connectivity index (χ3n) is 2.82. The number of hydrogen-bond acceptors (Lipinski definition) is 3. The van der Waals surface area contributed by atoms with Gasteiger partial charge in [-0.15, -0.1) is 0 Å². The van der Waals surface area contributed by atoms with Crippen LogP contribution in [0.4, 0.5) is 0 Å². The molecule has 4 nitrogen and oxygen atoms in total. The van der Waals surface area contributed by atoms with Crippen LogP contribution >= 0.6 is 0 Å². The van der Waals surface area contributed by atoms with Crippen molar-refractivity contribution in [1.29, 1.82) is 0 Å². The third-order valence-corrected chi connectivity index (χ3v) is 2.82. The number of carbonyl (C=O) groups is 1. The summed E-state index contributed by atoms with van der Waals surface area (Å²) in [5, 5.41) is 12.3. The zero-order valence-electron chi connectivity index (χ0n) is 10.2. The summed E-state index contributed by atoms with van der Waals surface area (Å²) in [6.07, 6.45) is -0.834. The maximum absolute atomic E-state index is 11.9. The van der Waals surface area contributed by atoms with Crippen molar-refractivity contribution >= 4 is 5.91 Å². The first-order valence-corrected chi connectivity index (χ1v) is 5.20. The maximum atomic E-state index is 11.9. The number of aliphatic hydroxyl groups excluding tert-OH is 1. The fourth-order valence-corrected chi connectivity index (χ4v) is 1.85. The molecule has 0 aromatic heterocycles. The molecule has 2 aliphatic rings. The Bertz CT molecular complexity index is 274. The summed E-state index contributed by atoms with van der Waals surface area (Å²) in [4.78, 5) is 13.3. The lowest BCUT2D eigenvalue weighted by molar-refractivity contribution is -0.142. The molecule has 0 radical (unpaired) electrons. The van der Waals surface area contributed by atoms with Crippen LogP contribution in [0.3, 0.4) is 0 Å². The Morgan fingerprint density at radius 2 is 2.14 bits per heavy atom. The van der Waals surface area contributed by atoms with E-state index in [9.17, 15) is 4.79 Å². The smallest absolute Gasteiger partial charge is 0.223 e. The Hall–Kier alpha value is -0.610. The molecule has 2 saturated heterocycles. The molecule has 0 aromatic rings. The number of nitrogens with one attached hydrogen (secondary N) is 1. The second-order valence-corrected chi connectivity index (χ2v) is 4.03. The summed E-state index contributed by atoms with van der Waals surface area (Å²) in [7, 11) is 0. The molecule has 2 fully saturated rings. The predicted molar refractivity (Wildman–Crippen MR) is 52.8 cm³/mol. The van der Waals surface area contributed by atoms with Gasteiger partial charge < -0.3 is 15.3 Å². The molecule has 0 unspecified atom stereocenters. The molecular weight excluding hydrogens is 180 g/mol. The lowest BCUT2D eigenvalue weighted by atomic mass is 9.93. The molecule has 0 aromatic carbocycles. The van der Waals surface area contributed by atoms with Gasteiger partial charge >= 0.3 is 0 Å². The number of aliphatic hydroxyl groups is 1. The molecule has 0 aliphatic carbocycles. The van der Waals surface area contributed by atoms with Crippen LogP contribution in [0.15, 0.2) is 0 Å². The highest BCUT2D eigenvalue weighted by molar-refractivity contribution is 5.77. The van der Waals surface area contributed by atoms with Gasteiger partial charge in [-0.2, -0.15) is 0 Å². The van der Waals surface area contributed by atoms with Crippen molar-refractivity contribution in [1.82, 2.24) is 10.2 Å². The van der Waals surface area contributed by atoms with E-state index < -0.39 is 18.4 Å². The molecule has 0 atom stereocenters. The number of hydrogen-bond donors (Lipinski definition) is 2. The van der Waals surface area contributed by atoms with Crippen molar-refractivity contribution in [2.45, 2.75) is 25.3 Å². The van der Waals surface area contributed by atoms with Gasteiger partial charge in [-0.25, -0.2) is 0 Å². The second-order valence-electron chi connectivity index (χ2n) is 4.03. The minimum absolute atomic E-state index is 0.195. The van der Waals surface area contributed by atoms with E-state index in [4.69, 9.17) is 7.85 Å². The molecule has 14 heavy (non-hydrogen) atoms. The summed E-state index contributed by atoms with van der Waals surface area (Å²) < 4.78 is 15.9. The average molecular weight is 200 g/mol. The fourth-order valence-electron chi connectivity index (χ4n) is 1.85. The summed E-state index contributed by atoms with van der Waals surface area (Å²) in [5.74, 6) is -0.649. The molecule has 0 saturated carbocycles. The van der Waals surface area contributed by atoms with Crippen molar-refractivity contribution < 1.29 is 12.6 Å².